The van der Waals surface area contributed by atoms with Gasteiger partial charge < -0.3 is 23.1 Å². The predicted molar refractivity (Wildman–Crippen MR) is 114 cm³/mol. The number of hydrogen-bond acceptors (Lipinski definition) is 6. The van der Waals surface area contributed by atoms with Crippen LogP contribution in [0.1, 0.15) is 50.0 Å². The molecule has 6 nitrogen and oxygen atoms in total. The van der Waals surface area contributed by atoms with Crippen LogP contribution in [0.4, 0.5) is 0 Å². The minimum atomic E-state index is -3.33. The number of carbonyl (C=O) groups excluding carboxylic acids is 1. The van der Waals surface area contributed by atoms with Crippen LogP contribution in [0.15, 0.2) is 42.5 Å². The third-order valence-corrected chi connectivity index (χ3v) is 7.26. The highest BCUT2D eigenvalue weighted by atomic mass is 28.4. The van der Waals surface area contributed by atoms with Gasteiger partial charge in [0.05, 0.1) is 17.4 Å². The van der Waals surface area contributed by atoms with Crippen molar-refractivity contribution in [1.29, 1.82) is 0 Å². The van der Waals surface area contributed by atoms with Gasteiger partial charge in [0.2, 0.25) is 0 Å². The Morgan fingerprint density at radius 3 is 2.00 bits per heavy atom. The number of rotatable bonds is 12. The topological polar surface area (TPSA) is 74.2 Å². The summed E-state index contributed by atoms with van der Waals surface area (Å²) in [7, 11) is -3.33. The van der Waals surface area contributed by atoms with E-state index in [1.165, 1.54) is 0 Å². The molecule has 0 aliphatic rings. The van der Waals surface area contributed by atoms with E-state index in [0.717, 1.165) is 6.42 Å². The van der Waals surface area contributed by atoms with Crippen molar-refractivity contribution in [1.82, 2.24) is 0 Å². The van der Waals surface area contributed by atoms with Crippen LogP contribution in [0.3, 0.4) is 0 Å². The number of carbonyl (C=O) groups is 1. The number of ether oxygens (including phenoxy) is 1. The third kappa shape index (κ3) is 5.25. The van der Waals surface area contributed by atoms with Gasteiger partial charge in [-0.15, -0.1) is 0 Å². The highest BCUT2D eigenvalue weighted by molar-refractivity contribution is 6.76. The first-order valence-corrected chi connectivity index (χ1v) is 11.8. The van der Waals surface area contributed by atoms with E-state index in [-0.39, 0.29) is 22.8 Å². The van der Waals surface area contributed by atoms with Crippen LogP contribution in [0.2, 0.25) is 0 Å². The zero-order chi connectivity index (χ0) is 21.3. The van der Waals surface area contributed by atoms with Gasteiger partial charge >= 0.3 is 8.80 Å². The van der Waals surface area contributed by atoms with Gasteiger partial charge in [0.1, 0.15) is 0 Å². The Morgan fingerprint density at radius 1 is 0.897 bits per heavy atom. The van der Waals surface area contributed by atoms with Crippen molar-refractivity contribution < 1.29 is 27.9 Å². The third-order valence-electron chi connectivity index (χ3n) is 4.20. The second kappa shape index (κ2) is 11.1. The summed E-state index contributed by atoms with van der Waals surface area (Å²) in [4.78, 5) is 12.9. The van der Waals surface area contributed by atoms with E-state index in [0.29, 0.717) is 37.2 Å². The van der Waals surface area contributed by atoms with Crippen molar-refractivity contribution in [3.8, 4) is 11.5 Å². The van der Waals surface area contributed by atoms with E-state index in [9.17, 15) is 9.90 Å². The van der Waals surface area contributed by atoms with Crippen molar-refractivity contribution in [3.63, 3.8) is 0 Å². The maximum absolute atomic E-state index is 12.9. The van der Waals surface area contributed by atoms with Gasteiger partial charge in [-0.05, 0) is 33.3 Å². The molecule has 0 aliphatic carbocycles. The quantitative estimate of drug-likeness (QED) is 0.419. The highest BCUT2D eigenvalue weighted by Gasteiger charge is 2.47. The average molecular weight is 419 g/mol. The van der Waals surface area contributed by atoms with Crippen LogP contribution in [-0.2, 0) is 13.3 Å². The Morgan fingerprint density at radius 2 is 1.48 bits per heavy atom. The molecule has 0 bridgehead atoms. The fourth-order valence-electron chi connectivity index (χ4n) is 3.02. The van der Waals surface area contributed by atoms with Crippen molar-refractivity contribution >= 4 is 19.8 Å². The molecule has 0 radical (unpaired) electrons. The number of aromatic hydroxyl groups is 1. The first-order valence-electron chi connectivity index (χ1n) is 10.0. The Labute approximate surface area is 173 Å². The summed E-state index contributed by atoms with van der Waals surface area (Å²) < 4.78 is 23.8. The van der Waals surface area contributed by atoms with E-state index in [1.54, 1.807) is 36.4 Å². The maximum atomic E-state index is 12.9. The molecule has 0 saturated heterocycles. The molecule has 0 unspecified atom stereocenters. The first-order chi connectivity index (χ1) is 14.0. The van der Waals surface area contributed by atoms with Gasteiger partial charge in [-0.2, -0.15) is 0 Å². The molecule has 0 aromatic heterocycles. The van der Waals surface area contributed by atoms with Crippen LogP contribution in [0.25, 0.3) is 0 Å². The molecule has 0 atom stereocenters. The Kier molecular flexibility index (Phi) is 8.85. The summed E-state index contributed by atoms with van der Waals surface area (Å²) in [6.45, 7) is 9.06. The Balaban J connectivity index is 2.63. The molecule has 2 aromatic carbocycles. The molecule has 0 aliphatic heterocycles. The van der Waals surface area contributed by atoms with Gasteiger partial charge in [0, 0.05) is 25.4 Å². The first kappa shape index (κ1) is 23.1. The lowest BCUT2D eigenvalue weighted by molar-refractivity contribution is 0.0849. The molecule has 2 aromatic rings. The Hall–Kier alpha value is -2.19. The second-order valence-corrected chi connectivity index (χ2v) is 8.75. The number of phenols is 1. The zero-order valence-electron chi connectivity index (χ0n) is 17.6. The molecule has 0 spiro atoms. The molecular weight excluding hydrogens is 388 g/mol. The fourth-order valence-corrected chi connectivity index (χ4v) is 5.63. The van der Waals surface area contributed by atoms with Crippen molar-refractivity contribution in [3.05, 3.63) is 53.6 Å². The standard InChI is InChI=1S/C22H30O6Si/c1-5-16-25-22-19(29(26-6-2,27-7-3)28-8-4)15-14-18(21(22)24)20(23)17-12-10-9-11-13-17/h9-15,24H,5-8,16H2,1-4H3. The van der Waals surface area contributed by atoms with Gasteiger partial charge in [-0.25, -0.2) is 0 Å². The number of hydrogen-bond donors (Lipinski definition) is 1. The molecule has 0 saturated carbocycles. The van der Waals surface area contributed by atoms with Gasteiger partial charge in [0.15, 0.2) is 17.3 Å². The highest BCUT2D eigenvalue weighted by Crippen LogP contribution is 2.33. The van der Waals surface area contributed by atoms with Crippen LogP contribution >= 0.6 is 0 Å². The lowest BCUT2D eigenvalue weighted by Crippen LogP contribution is -2.57. The number of ketones is 1. The second-order valence-electron chi connectivity index (χ2n) is 6.24. The SMILES string of the molecule is CCCOc1c([Si](OCC)(OCC)OCC)ccc(C(=O)c2ccccc2)c1O. The molecule has 7 heteroatoms. The summed E-state index contributed by atoms with van der Waals surface area (Å²) in [5.41, 5.74) is 0.651. The number of benzene rings is 2. The molecular formula is C22H30O6Si. The number of phenolic OH excluding ortho intramolecular Hbond substituents is 1. The van der Waals surface area contributed by atoms with Gasteiger partial charge in [-0.3, -0.25) is 4.79 Å². The normalized spacial score (nSPS) is 11.4. The van der Waals surface area contributed by atoms with E-state index < -0.39 is 8.80 Å². The smallest absolute Gasteiger partial charge is 0.504 e. The fraction of sp³-hybridized carbons (Fsp3) is 0.409. The van der Waals surface area contributed by atoms with Gasteiger partial charge in [0.25, 0.3) is 0 Å². The zero-order valence-corrected chi connectivity index (χ0v) is 18.6. The molecule has 0 heterocycles. The lowest BCUT2D eigenvalue weighted by Gasteiger charge is -2.30. The van der Waals surface area contributed by atoms with Crippen LogP contribution in [-0.4, -0.2) is 46.1 Å². The predicted octanol–water partition coefficient (Wildman–Crippen LogP) is 3.67. The Bertz CT molecular complexity index is 776. The van der Waals surface area contributed by atoms with E-state index >= 15 is 0 Å². The minimum Gasteiger partial charge on any atom is -0.504 e. The largest absolute Gasteiger partial charge is 0.541 e. The minimum absolute atomic E-state index is 0.165. The molecule has 0 fully saturated rings. The van der Waals surface area contributed by atoms with Crippen molar-refractivity contribution in [2.75, 3.05) is 26.4 Å². The summed E-state index contributed by atoms with van der Waals surface area (Å²) in [6.07, 6.45) is 0.738. The summed E-state index contributed by atoms with van der Waals surface area (Å²) in [6, 6.07) is 12.1. The molecule has 158 valence electrons. The maximum Gasteiger partial charge on any atom is 0.541 e. The van der Waals surface area contributed by atoms with E-state index in [4.69, 9.17) is 18.0 Å². The van der Waals surface area contributed by atoms with Crippen LogP contribution in [0.5, 0.6) is 11.5 Å². The van der Waals surface area contributed by atoms with Crippen molar-refractivity contribution in [2.24, 2.45) is 0 Å². The van der Waals surface area contributed by atoms with Crippen LogP contribution in [0, 0.1) is 0 Å². The summed E-state index contributed by atoms with van der Waals surface area (Å²) in [5, 5.41) is 11.5. The monoisotopic (exact) mass is 418 g/mol. The summed E-state index contributed by atoms with van der Waals surface area (Å²) in [5.74, 6) is -0.316. The summed E-state index contributed by atoms with van der Waals surface area (Å²) >= 11 is 0. The van der Waals surface area contributed by atoms with E-state index in [2.05, 4.69) is 0 Å². The lowest BCUT2D eigenvalue weighted by atomic mass is 10.0. The van der Waals surface area contributed by atoms with E-state index in [1.807, 2.05) is 33.8 Å². The van der Waals surface area contributed by atoms with Gasteiger partial charge in [-0.1, -0.05) is 43.3 Å². The average Bonchev–Trinajstić information content (AvgIpc) is 2.73. The van der Waals surface area contributed by atoms with Crippen molar-refractivity contribution in [2.45, 2.75) is 34.1 Å². The molecule has 1 N–H and O–H groups in total. The molecule has 2 rings (SSSR count). The van der Waals surface area contributed by atoms with Crippen LogP contribution < -0.4 is 9.92 Å². The molecule has 29 heavy (non-hydrogen) atoms. The molecule has 0 amide bonds.